The molecule has 0 aromatic heterocycles. The molecule has 8 aromatic carbocycles. The molecule has 1 heteroatoms. The summed E-state index contributed by atoms with van der Waals surface area (Å²) >= 11 is 0. The maximum atomic E-state index is 2.80. The number of hydrogen-bond donors (Lipinski definition) is 0. The molecule has 10 aliphatic rings. The minimum absolute atomic E-state index is 0.438. The molecule has 1 nitrogen and oxygen atoms in total. The smallest absolute Gasteiger partial charge is 0.0726 e. The van der Waals surface area contributed by atoms with Crippen LogP contribution in [0.1, 0.15) is 109 Å². The third kappa shape index (κ3) is 5.78. The average Bonchev–Trinajstić information content (AvgIpc) is 3.87. The van der Waals surface area contributed by atoms with E-state index < -0.39 is 5.41 Å². The zero-order valence-corrected chi connectivity index (χ0v) is 40.2. The normalized spacial score (nSPS) is 29.8. The van der Waals surface area contributed by atoms with Crippen LogP contribution in [0.15, 0.2) is 188 Å². The third-order valence-corrected chi connectivity index (χ3v) is 20.1. The molecule has 0 unspecified atom stereocenters. The van der Waals surface area contributed by atoms with Crippen LogP contribution in [0, 0.1) is 47.3 Å². The number of hydrogen-bond acceptors (Lipinski definition) is 1. The van der Waals surface area contributed by atoms with Gasteiger partial charge in [-0.05, 0) is 214 Å². The van der Waals surface area contributed by atoms with Gasteiger partial charge < -0.3 is 4.90 Å². The Kier molecular flexibility index (Phi) is 8.80. The van der Waals surface area contributed by atoms with Crippen LogP contribution in [0.4, 0.5) is 17.1 Å². The molecule has 8 fully saturated rings. The summed E-state index contributed by atoms with van der Waals surface area (Å²) in [4.78, 5) is 2.61. The van der Waals surface area contributed by atoms with E-state index in [2.05, 4.69) is 193 Å². The summed E-state index contributed by atoms with van der Waals surface area (Å²) in [6, 6.07) is 73.4. The van der Waals surface area contributed by atoms with Gasteiger partial charge in [0.25, 0.3) is 0 Å². The van der Waals surface area contributed by atoms with Gasteiger partial charge in [0.1, 0.15) is 0 Å². The van der Waals surface area contributed by atoms with Gasteiger partial charge in [0.15, 0.2) is 0 Å². The summed E-state index contributed by atoms with van der Waals surface area (Å²) in [6.45, 7) is 0. The first-order valence-electron chi connectivity index (χ1n) is 27.3. The van der Waals surface area contributed by atoms with Crippen molar-refractivity contribution in [3.8, 4) is 44.5 Å². The Bertz CT molecular complexity index is 3230. The van der Waals surface area contributed by atoms with Crippen molar-refractivity contribution in [2.45, 2.75) is 81.5 Å². The van der Waals surface area contributed by atoms with Crippen molar-refractivity contribution >= 4 is 17.1 Å². The summed E-state index contributed by atoms with van der Waals surface area (Å²) in [5.41, 5.74) is 22.9. The molecule has 0 saturated heterocycles. The van der Waals surface area contributed by atoms with Gasteiger partial charge in [0.05, 0.1) is 16.8 Å². The highest BCUT2D eigenvalue weighted by Gasteiger charge is 2.55. The van der Waals surface area contributed by atoms with E-state index in [1.807, 2.05) is 0 Å². The molecule has 342 valence electrons. The van der Waals surface area contributed by atoms with E-state index >= 15 is 0 Å². The largest absolute Gasteiger partial charge is 0.309 e. The van der Waals surface area contributed by atoms with Crippen molar-refractivity contribution in [1.29, 1.82) is 0 Å². The highest BCUT2D eigenvalue weighted by Crippen LogP contribution is 2.68. The van der Waals surface area contributed by atoms with Gasteiger partial charge in [0.2, 0.25) is 0 Å². The molecule has 10 aliphatic carbocycles. The van der Waals surface area contributed by atoms with Gasteiger partial charge in [-0.15, -0.1) is 0 Å². The fourth-order valence-electron chi connectivity index (χ4n) is 18.2. The van der Waals surface area contributed by atoms with Gasteiger partial charge in [0, 0.05) is 16.8 Å². The maximum Gasteiger partial charge on any atom is 0.0726 e. The predicted octanol–water partition coefficient (Wildman–Crippen LogP) is 17.9. The standard InChI is InChI=1S/C69H61N/c1-3-13-46(14-4-1)48-17-11-18-55(39-48)70(64-23-10-8-19-56(64)47-15-5-2-6-16-47)65-24-12-22-61-68(65)59-20-7-9-21-60(59)69(61)62-40-49(66-51-31-42-29-43(33-51)34-52(66)32-42)25-27-57(62)58-28-26-50(41-63(58)69)67-53-35-44-30-45(37-53)38-54(67)36-44/h1-28,39-45,51-54,66-67H,29-38H2. The average molecular weight is 904 g/mol. The Morgan fingerprint density at radius 1 is 0.314 bits per heavy atom. The predicted molar refractivity (Wildman–Crippen MR) is 288 cm³/mol. The molecule has 0 aliphatic heterocycles. The lowest BCUT2D eigenvalue weighted by Gasteiger charge is -2.54. The zero-order valence-electron chi connectivity index (χ0n) is 40.2. The molecule has 0 amide bonds. The van der Waals surface area contributed by atoms with Crippen molar-refractivity contribution in [3.05, 3.63) is 221 Å². The number of benzene rings is 8. The van der Waals surface area contributed by atoms with Gasteiger partial charge in [-0.3, -0.25) is 0 Å². The highest BCUT2D eigenvalue weighted by atomic mass is 15.1. The van der Waals surface area contributed by atoms with Crippen LogP contribution < -0.4 is 4.90 Å². The van der Waals surface area contributed by atoms with E-state index in [9.17, 15) is 0 Å². The Morgan fingerprint density at radius 2 is 0.786 bits per heavy atom. The molecule has 0 heterocycles. The molecule has 8 saturated carbocycles. The van der Waals surface area contributed by atoms with Crippen molar-refractivity contribution in [2.75, 3.05) is 4.90 Å². The Balaban J connectivity index is 0.952. The zero-order chi connectivity index (χ0) is 45.7. The lowest BCUT2D eigenvalue weighted by molar-refractivity contribution is -0.00283. The van der Waals surface area contributed by atoms with E-state index in [1.54, 1.807) is 11.1 Å². The first-order chi connectivity index (χ1) is 34.6. The molecule has 0 radical (unpaired) electrons. The van der Waals surface area contributed by atoms with Crippen LogP contribution in [0.3, 0.4) is 0 Å². The second kappa shape index (κ2) is 15.3. The highest BCUT2D eigenvalue weighted by molar-refractivity contribution is 6.02. The summed E-state index contributed by atoms with van der Waals surface area (Å²) < 4.78 is 0. The van der Waals surface area contributed by atoms with E-state index in [1.165, 1.54) is 142 Å². The van der Waals surface area contributed by atoms with Gasteiger partial charge >= 0.3 is 0 Å². The van der Waals surface area contributed by atoms with Crippen molar-refractivity contribution in [2.24, 2.45) is 47.3 Å². The molecule has 0 atom stereocenters. The summed E-state index contributed by atoms with van der Waals surface area (Å²) in [5, 5.41) is 0. The number of rotatable bonds is 7. The van der Waals surface area contributed by atoms with E-state index in [0.29, 0.717) is 11.8 Å². The third-order valence-electron chi connectivity index (χ3n) is 20.1. The van der Waals surface area contributed by atoms with Crippen molar-refractivity contribution in [1.82, 2.24) is 0 Å². The van der Waals surface area contributed by atoms with Crippen LogP contribution in [0.5, 0.6) is 0 Å². The lowest BCUT2D eigenvalue weighted by Crippen LogP contribution is -2.43. The number of fused-ring (bicyclic) bond motifs is 10. The Labute approximate surface area is 414 Å². The van der Waals surface area contributed by atoms with Crippen LogP contribution in [0.25, 0.3) is 44.5 Å². The van der Waals surface area contributed by atoms with E-state index in [4.69, 9.17) is 0 Å². The van der Waals surface area contributed by atoms with Crippen molar-refractivity contribution in [3.63, 3.8) is 0 Å². The van der Waals surface area contributed by atoms with Crippen LogP contribution in [-0.2, 0) is 5.41 Å². The molecule has 8 bridgehead atoms. The van der Waals surface area contributed by atoms with Gasteiger partial charge in [-0.1, -0.05) is 164 Å². The molecule has 18 rings (SSSR count). The lowest BCUT2D eigenvalue weighted by atomic mass is 9.50. The molecule has 70 heavy (non-hydrogen) atoms. The molecular formula is C69H61N. The molecule has 1 spiro atoms. The minimum atomic E-state index is -0.438. The second-order valence-electron chi connectivity index (χ2n) is 23.7. The van der Waals surface area contributed by atoms with Crippen LogP contribution in [0.2, 0.25) is 0 Å². The quantitative estimate of drug-likeness (QED) is 0.154. The topological polar surface area (TPSA) is 3.24 Å². The first kappa shape index (κ1) is 40.3. The summed E-state index contributed by atoms with van der Waals surface area (Å²) in [7, 11) is 0. The number of nitrogens with zero attached hydrogens (tertiary/aromatic N) is 1. The minimum Gasteiger partial charge on any atom is -0.309 e. The fourth-order valence-corrected chi connectivity index (χ4v) is 18.2. The molecule has 0 N–H and O–H groups in total. The van der Waals surface area contributed by atoms with E-state index in [0.717, 1.165) is 53.0 Å². The molecular weight excluding hydrogens is 843 g/mol. The Hall–Kier alpha value is -6.44. The fraction of sp³-hybridized carbons (Fsp3) is 0.304. The molecule has 8 aromatic rings. The maximum absolute atomic E-state index is 2.80. The second-order valence-corrected chi connectivity index (χ2v) is 23.7. The Morgan fingerprint density at radius 3 is 1.39 bits per heavy atom. The monoisotopic (exact) mass is 903 g/mol. The van der Waals surface area contributed by atoms with Crippen LogP contribution in [-0.4, -0.2) is 0 Å². The summed E-state index contributed by atoms with van der Waals surface area (Å²) in [5.74, 6) is 8.51. The van der Waals surface area contributed by atoms with Gasteiger partial charge in [-0.2, -0.15) is 0 Å². The first-order valence-corrected chi connectivity index (χ1v) is 27.3. The van der Waals surface area contributed by atoms with E-state index in [-0.39, 0.29) is 0 Å². The number of para-hydroxylation sites is 1. The van der Waals surface area contributed by atoms with Crippen molar-refractivity contribution < 1.29 is 0 Å². The SMILES string of the molecule is c1ccc(-c2cccc(N(c3ccccc3-c3ccccc3)c3cccc4c3-c3ccccc3C43c4cc(C5C6CC7CC(C6)CC5C7)ccc4-c4ccc(C5C6CC7CC(C6)CC5C7)cc43)c2)cc1. The van der Waals surface area contributed by atoms with Gasteiger partial charge in [-0.25, -0.2) is 0 Å². The number of anilines is 3. The summed E-state index contributed by atoms with van der Waals surface area (Å²) in [6.07, 6.45) is 14.5. The van der Waals surface area contributed by atoms with Crippen LogP contribution >= 0.6 is 0 Å².